The highest BCUT2D eigenvalue weighted by molar-refractivity contribution is 5.89. The molecule has 9 heteroatoms. The van der Waals surface area contributed by atoms with Crippen molar-refractivity contribution in [2.24, 2.45) is 7.05 Å². The van der Waals surface area contributed by atoms with E-state index < -0.39 is 23.2 Å². The monoisotopic (exact) mass is 427 g/mol. The molecule has 0 bridgehead atoms. The number of pyridine rings is 1. The molecule has 0 unspecified atom stereocenters. The summed E-state index contributed by atoms with van der Waals surface area (Å²) in [4.78, 5) is 26.1. The fourth-order valence-electron chi connectivity index (χ4n) is 4.20. The molecule has 0 saturated heterocycles. The Kier molecular flexibility index (Phi) is 5.71. The highest BCUT2D eigenvalue weighted by Crippen LogP contribution is 2.40. The molecule has 164 valence electrons. The number of benzene rings is 1. The van der Waals surface area contributed by atoms with Gasteiger partial charge in [0.1, 0.15) is 0 Å². The van der Waals surface area contributed by atoms with E-state index in [9.17, 15) is 14.7 Å². The second-order valence-electron chi connectivity index (χ2n) is 7.64. The van der Waals surface area contributed by atoms with E-state index in [4.69, 9.17) is 9.84 Å². The van der Waals surface area contributed by atoms with Crippen LogP contribution < -0.4 is 15.6 Å². The van der Waals surface area contributed by atoms with Crippen LogP contribution in [0.4, 0.5) is 4.79 Å². The molecular formula is C22H25N3O6. The van der Waals surface area contributed by atoms with Crippen LogP contribution in [0, 0.1) is 0 Å². The lowest BCUT2D eigenvalue weighted by Gasteiger charge is -2.13. The maximum absolute atomic E-state index is 12.4. The molecule has 31 heavy (non-hydrogen) atoms. The molecule has 4 N–H and O–H groups in total. The molecular weight excluding hydrogens is 402 g/mol. The van der Waals surface area contributed by atoms with Crippen molar-refractivity contribution in [1.82, 2.24) is 14.9 Å². The predicted molar refractivity (Wildman–Crippen MR) is 115 cm³/mol. The minimum Gasteiger partial charge on any atom is -0.504 e. The molecule has 0 aliphatic heterocycles. The SMILES string of the molecule is COCCNCc1cc2cc3c(cc2n1C)CCCc1c-3[nH]c(=O)c(OC(=O)O)c1O. The second kappa shape index (κ2) is 8.44. The van der Waals surface area contributed by atoms with Gasteiger partial charge in [-0.25, -0.2) is 4.79 Å². The van der Waals surface area contributed by atoms with E-state index in [0.717, 1.165) is 47.1 Å². The van der Waals surface area contributed by atoms with E-state index in [-0.39, 0.29) is 0 Å². The fraction of sp³-hybridized carbons (Fsp3) is 0.364. The lowest BCUT2D eigenvalue weighted by Crippen LogP contribution is -2.19. The quantitative estimate of drug-likeness (QED) is 0.352. The van der Waals surface area contributed by atoms with Gasteiger partial charge < -0.3 is 34.6 Å². The third-order valence-electron chi connectivity index (χ3n) is 5.73. The molecule has 0 atom stereocenters. The number of ether oxygens (including phenoxy) is 2. The number of aryl methyl sites for hydroxylation is 2. The molecule has 0 saturated carbocycles. The van der Waals surface area contributed by atoms with Crippen LogP contribution in [0.3, 0.4) is 0 Å². The van der Waals surface area contributed by atoms with Crippen molar-refractivity contribution >= 4 is 17.1 Å². The Labute approximate surface area is 178 Å². The summed E-state index contributed by atoms with van der Waals surface area (Å²) in [6.07, 6.45) is 0.358. The first-order chi connectivity index (χ1) is 14.9. The van der Waals surface area contributed by atoms with Gasteiger partial charge in [0.25, 0.3) is 5.56 Å². The minimum atomic E-state index is -1.65. The third-order valence-corrected chi connectivity index (χ3v) is 5.73. The molecule has 0 radical (unpaired) electrons. The van der Waals surface area contributed by atoms with Crippen molar-refractivity contribution in [1.29, 1.82) is 0 Å². The topological polar surface area (TPSA) is 126 Å². The van der Waals surface area contributed by atoms with Gasteiger partial charge >= 0.3 is 6.16 Å². The molecule has 1 aromatic carbocycles. The average Bonchev–Trinajstić information content (AvgIpc) is 2.92. The highest BCUT2D eigenvalue weighted by Gasteiger charge is 2.25. The van der Waals surface area contributed by atoms with Crippen molar-refractivity contribution in [3.63, 3.8) is 0 Å². The standard InChI is InChI=1S/C22H25N3O6/c1-25-14(11-23-6-7-30-2)8-13-9-16-12(10-17(13)25)4-3-5-15-18(16)24-21(27)20(19(15)26)31-22(28)29/h8-10,23H,3-7,11H2,1-2H3,(H,28,29)(H2,24,26,27). The summed E-state index contributed by atoms with van der Waals surface area (Å²) < 4.78 is 11.7. The maximum atomic E-state index is 12.4. The van der Waals surface area contributed by atoms with Gasteiger partial charge in [0.05, 0.1) is 12.3 Å². The van der Waals surface area contributed by atoms with Crippen LogP contribution in [0.1, 0.15) is 23.2 Å². The van der Waals surface area contributed by atoms with Gasteiger partial charge in [-0.2, -0.15) is 0 Å². The molecule has 0 amide bonds. The Morgan fingerprint density at radius 2 is 2.10 bits per heavy atom. The molecule has 9 nitrogen and oxygen atoms in total. The zero-order valence-corrected chi connectivity index (χ0v) is 17.4. The summed E-state index contributed by atoms with van der Waals surface area (Å²) in [6.45, 7) is 2.09. The lowest BCUT2D eigenvalue weighted by molar-refractivity contribution is 0.142. The van der Waals surface area contributed by atoms with Gasteiger partial charge in [-0.3, -0.25) is 4.79 Å². The van der Waals surface area contributed by atoms with Crippen molar-refractivity contribution in [2.75, 3.05) is 20.3 Å². The Bertz CT molecular complexity index is 1210. The first-order valence-electron chi connectivity index (χ1n) is 10.1. The van der Waals surface area contributed by atoms with E-state index in [1.54, 1.807) is 7.11 Å². The van der Waals surface area contributed by atoms with Crippen LogP contribution in [0.15, 0.2) is 23.0 Å². The number of aromatic hydroxyl groups is 1. The van der Waals surface area contributed by atoms with Gasteiger partial charge in [-0.05, 0) is 43.0 Å². The number of carbonyl (C=O) groups is 1. The van der Waals surface area contributed by atoms with Crippen LogP contribution in [0.25, 0.3) is 22.2 Å². The highest BCUT2D eigenvalue weighted by atomic mass is 16.7. The summed E-state index contributed by atoms with van der Waals surface area (Å²) in [5.41, 5.74) is 4.33. The minimum absolute atomic E-state index is 0.412. The Balaban J connectivity index is 1.80. The van der Waals surface area contributed by atoms with E-state index in [1.807, 2.05) is 13.1 Å². The Morgan fingerprint density at radius 3 is 2.84 bits per heavy atom. The maximum Gasteiger partial charge on any atom is 0.511 e. The molecule has 4 rings (SSSR count). The second-order valence-corrected chi connectivity index (χ2v) is 7.64. The number of nitrogens with one attached hydrogen (secondary N) is 2. The zero-order valence-electron chi connectivity index (χ0n) is 17.4. The number of fused-ring (bicyclic) bond motifs is 4. The largest absolute Gasteiger partial charge is 0.511 e. The molecule has 2 heterocycles. The van der Waals surface area contributed by atoms with Gasteiger partial charge in [0, 0.05) is 55.0 Å². The summed E-state index contributed by atoms with van der Waals surface area (Å²) in [5.74, 6) is -0.995. The number of aromatic amines is 1. The van der Waals surface area contributed by atoms with E-state index in [1.165, 1.54) is 0 Å². The number of carboxylic acid groups (broad SMARTS) is 1. The summed E-state index contributed by atoms with van der Waals surface area (Å²) in [5, 5.41) is 23.8. The number of rotatable bonds is 6. The van der Waals surface area contributed by atoms with Crippen LogP contribution in [0.2, 0.25) is 0 Å². The van der Waals surface area contributed by atoms with Crippen LogP contribution in [-0.4, -0.2) is 46.2 Å². The van der Waals surface area contributed by atoms with E-state index in [0.29, 0.717) is 30.8 Å². The number of aromatic nitrogens is 2. The van der Waals surface area contributed by atoms with Gasteiger partial charge in [0.15, 0.2) is 5.75 Å². The fourth-order valence-corrected chi connectivity index (χ4v) is 4.20. The third kappa shape index (κ3) is 3.89. The van der Waals surface area contributed by atoms with E-state index >= 15 is 0 Å². The smallest absolute Gasteiger partial charge is 0.504 e. The van der Waals surface area contributed by atoms with Gasteiger partial charge in [-0.15, -0.1) is 0 Å². The molecule has 2 aromatic heterocycles. The van der Waals surface area contributed by atoms with Crippen molar-refractivity contribution in [3.8, 4) is 22.8 Å². The Hall–Kier alpha value is -3.30. The van der Waals surface area contributed by atoms with Gasteiger partial charge in [0.2, 0.25) is 5.75 Å². The molecule has 1 aliphatic carbocycles. The number of hydrogen-bond donors (Lipinski definition) is 4. The molecule has 0 spiro atoms. The molecule has 3 aromatic rings. The molecule has 0 fully saturated rings. The summed E-state index contributed by atoms with van der Waals surface area (Å²) in [7, 11) is 3.69. The number of H-pyrrole nitrogens is 1. The zero-order chi connectivity index (χ0) is 22.1. The first kappa shape index (κ1) is 21.0. The van der Waals surface area contributed by atoms with Gasteiger partial charge in [-0.1, -0.05) is 0 Å². The van der Waals surface area contributed by atoms with Crippen molar-refractivity contribution in [2.45, 2.75) is 25.8 Å². The first-order valence-corrected chi connectivity index (χ1v) is 10.1. The Morgan fingerprint density at radius 1 is 1.29 bits per heavy atom. The van der Waals surface area contributed by atoms with Crippen molar-refractivity contribution in [3.05, 3.63) is 45.4 Å². The molecule has 1 aliphatic rings. The summed E-state index contributed by atoms with van der Waals surface area (Å²) in [6, 6.07) is 6.23. The normalized spacial score (nSPS) is 13.0. The van der Waals surface area contributed by atoms with E-state index in [2.05, 4.69) is 31.7 Å². The average molecular weight is 427 g/mol. The predicted octanol–water partition coefficient (Wildman–Crippen LogP) is 2.52. The summed E-state index contributed by atoms with van der Waals surface area (Å²) >= 11 is 0. The number of hydrogen-bond acceptors (Lipinski definition) is 6. The lowest BCUT2D eigenvalue weighted by atomic mass is 9.99. The van der Waals surface area contributed by atoms with Crippen LogP contribution in [0.5, 0.6) is 11.5 Å². The van der Waals surface area contributed by atoms with Crippen molar-refractivity contribution < 1.29 is 24.5 Å². The number of methoxy groups -OCH3 is 1. The van der Waals surface area contributed by atoms with Crippen LogP contribution >= 0.6 is 0 Å². The number of nitrogens with zero attached hydrogens (tertiary/aromatic N) is 1. The van der Waals surface area contributed by atoms with Crippen LogP contribution in [-0.2, 0) is 31.2 Å².